The molecule has 2 aromatic carbocycles. The molecule has 0 bridgehead atoms. The molecule has 2 nitrogen and oxygen atoms in total. The largest absolute Gasteiger partial charge is 0.392 e. The molecule has 2 heteroatoms. The highest BCUT2D eigenvalue weighted by Gasteiger charge is 2.21. The van der Waals surface area contributed by atoms with Crippen LogP contribution in [0.3, 0.4) is 0 Å². The van der Waals surface area contributed by atoms with Crippen molar-refractivity contribution in [2.75, 3.05) is 13.1 Å². The zero-order valence-electron chi connectivity index (χ0n) is 11.9. The zero-order chi connectivity index (χ0) is 13.9. The predicted molar refractivity (Wildman–Crippen MR) is 82.5 cm³/mol. The molecular weight excluding hydrogens is 246 g/mol. The van der Waals surface area contributed by atoms with Crippen molar-refractivity contribution in [1.29, 1.82) is 0 Å². The SMILES string of the molecule is Cc1ccccc1-c1ccccc1CN1CCC(O)C1. The lowest BCUT2D eigenvalue weighted by Gasteiger charge is -2.18. The van der Waals surface area contributed by atoms with Crippen LogP contribution in [0.2, 0.25) is 0 Å². The topological polar surface area (TPSA) is 23.5 Å². The molecule has 1 fully saturated rings. The third kappa shape index (κ3) is 2.77. The van der Waals surface area contributed by atoms with E-state index in [1.165, 1.54) is 22.3 Å². The predicted octanol–water partition coefficient (Wildman–Crippen LogP) is 3.23. The van der Waals surface area contributed by atoms with Gasteiger partial charge < -0.3 is 5.11 Å². The molecule has 0 aliphatic carbocycles. The molecule has 104 valence electrons. The summed E-state index contributed by atoms with van der Waals surface area (Å²) in [7, 11) is 0. The molecule has 0 radical (unpaired) electrons. The summed E-state index contributed by atoms with van der Waals surface area (Å²) in [5.41, 5.74) is 5.27. The number of aliphatic hydroxyl groups excluding tert-OH is 1. The van der Waals surface area contributed by atoms with E-state index in [1.807, 2.05) is 0 Å². The van der Waals surface area contributed by atoms with E-state index in [0.29, 0.717) is 0 Å². The molecule has 1 aliphatic rings. The Morgan fingerprint density at radius 2 is 1.75 bits per heavy atom. The van der Waals surface area contributed by atoms with E-state index in [2.05, 4.69) is 60.4 Å². The van der Waals surface area contributed by atoms with Crippen LogP contribution in [0.15, 0.2) is 48.5 Å². The summed E-state index contributed by atoms with van der Waals surface area (Å²) >= 11 is 0. The van der Waals surface area contributed by atoms with Crippen LogP contribution in [0.5, 0.6) is 0 Å². The first-order chi connectivity index (χ1) is 9.74. The Morgan fingerprint density at radius 1 is 1.05 bits per heavy atom. The van der Waals surface area contributed by atoms with E-state index in [-0.39, 0.29) is 6.10 Å². The van der Waals surface area contributed by atoms with Crippen LogP contribution >= 0.6 is 0 Å². The van der Waals surface area contributed by atoms with Crippen molar-refractivity contribution >= 4 is 0 Å². The Balaban J connectivity index is 1.91. The van der Waals surface area contributed by atoms with Gasteiger partial charge in [-0.1, -0.05) is 48.5 Å². The second kappa shape index (κ2) is 5.78. The highest BCUT2D eigenvalue weighted by atomic mass is 16.3. The Morgan fingerprint density at radius 3 is 2.45 bits per heavy atom. The molecule has 0 amide bonds. The number of aryl methyl sites for hydroxylation is 1. The van der Waals surface area contributed by atoms with Crippen LogP contribution < -0.4 is 0 Å². The quantitative estimate of drug-likeness (QED) is 0.923. The first kappa shape index (κ1) is 13.3. The summed E-state index contributed by atoms with van der Waals surface area (Å²) in [6.45, 7) is 4.86. The number of hydrogen-bond acceptors (Lipinski definition) is 2. The van der Waals surface area contributed by atoms with E-state index < -0.39 is 0 Å². The van der Waals surface area contributed by atoms with Crippen molar-refractivity contribution in [3.63, 3.8) is 0 Å². The lowest BCUT2D eigenvalue weighted by molar-refractivity contribution is 0.175. The monoisotopic (exact) mass is 267 g/mol. The maximum Gasteiger partial charge on any atom is 0.0679 e. The van der Waals surface area contributed by atoms with Crippen molar-refractivity contribution in [3.8, 4) is 11.1 Å². The van der Waals surface area contributed by atoms with Gasteiger partial charge in [-0.2, -0.15) is 0 Å². The lowest BCUT2D eigenvalue weighted by Crippen LogP contribution is -2.21. The Labute approximate surface area is 120 Å². The van der Waals surface area contributed by atoms with Crippen molar-refractivity contribution in [2.45, 2.75) is 26.0 Å². The zero-order valence-corrected chi connectivity index (χ0v) is 11.9. The summed E-state index contributed by atoms with van der Waals surface area (Å²) in [6, 6.07) is 17.1. The first-order valence-electron chi connectivity index (χ1n) is 7.28. The van der Waals surface area contributed by atoms with Gasteiger partial charge >= 0.3 is 0 Å². The fourth-order valence-corrected chi connectivity index (χ4v) is 2.99. The fraction of sp³-hybridized carbons (Fsp3) is 0.333. The molecule has 0 aromatic heterocycles. The van der Waals surface area contributed by atoms with Crippen LogP contribution in [0.25, 0.3) is 11.1 Å². The van der Waals surface area contributed by atoms with Crippen LogP contribution in [0.1, 0.15) is 17.5 Å². The van der Waals surface area contributed by atoms with Crippen molar-refractivity contribution in [3.05, 3.63) is 59.7 Å². The third-order valence-electron chi connectivity index (χ3n) is 4.09. The maximum atomic E-state index is 9.67. The molecule has 20 heavy (non-hydrogen) atoms. The second-order valence-corrected chi connectivity index (χ2v) is 5.65. The minimum absolute atomic E-state index is 0.152. The first-order valence-corrected chi connectivity index (χ1v) is 7.28. The summed E-state index contributed by atoms with van der Waals surface area (Å²) in [6.07, 6.45) is 0.743. The van der Waals surface area contributed by atoms with E-state index >= 15 is 0 Å². The van der Waals surface area contributed by atoms with Crippen LogP contribution in [-0.4, -0.2) is 29.2 Å². The van der Waals surface area contributed by atoms with Gasteiger partial charge in [-0.3, -0.25) is 4.90 Å². The number of hydrogen-bond donors (Lipinski definition) is 1. The van der Waals surface area contributed by atoms with Gasteiger partial charge in [-0.05, 0) is 35.6 Å². The average Bonchev–Trinajstić information content (AvgIpc) is 2.86. The van der Waals surface area contributed by atoms with E-state index in [1.54, 1.807) is 0 Å². The molecule has 1 atom stereocenters. The second-order valence-electron chi connectivity index (χ2n) is 5.65. The Bertz CT molecular complexity index is 593. The van der Waals surface area contributed by atoms with Crippen molar-refractivity contribution < 1.29 is 5.11 Å². The molecule has 3 rings (SSSR count). The average molecular weight is 267 g/mol. The smallest absolute Gasteiger partial charge is 0.0679 e. The molecule has 1 unspecified atom stereocenters. The standard InChI is InChI=1S/C18H21NO/c1-14-6-2-4-8-17(14)18-9-5-3-7-15(18)12-19-11-10-16(20)13-19/h2-9,16,20H,10-13H2,1H3. The number of rotatable bonds is 3. The molecule has 1 aliphatic heterocycles. The normalized spacial score (nSPS) is 19.4. The van der Waals surface area contributed by atoms with E-state index in [9.17, 15) is 5.11 Å². The molecule has 1 N–H and O–H groups in total. The minimum atomic E-state index is -0.152. The van der Waals surface area contributed by atoms with Gasteiger partial charge in [0.25, 0.3) is 0 Å². The highest BCUT2D eigenvalue weighted by Crippen LogP contribution is 2.28. The van der Waals surface area contributed by atoms with E-state index in [4.69, 9.17) is 0 Å². The number of benzene rings is 2. The number of nitrogens with zero attached hydrogens (tertiary/aromatic N) is 1. The number of β-amino-alcohol motifs (C(OH)–C–C–N with tert-alkyl or cyclic N) is 1. The molecular formula is C18H21NO. The van der Waals surface area contributed by atoms with Crippen LogP contribution in [0.4, 0.5) is 0 Å². The van der Waals surface area contributed by atoms with Crippen molar-refractivity contribution in [1.82, 2.24) is 4.90 Å². The number of aliphatic hydroxyl groups is 1. The molecule has 1 heterocycles. The third-order valence-corrected chi connectivity index (χ3v) is 4.09. The maximum absolute atomic E-state index is 9.67. The summed E-state index contributed by atoms with van der Waals surface area (Å²) < 4.78 is 0. The highest BCUT2D eigenvalue weighted by molar-refractivity contribution is 5.70. The summed E-state index contributed by atoms with van der Waals surface area (Å²) in [5.74, 6) is 0. The molecule has 0 spiro atoms. The van der Waals surface area contributed by atoms with Gasteiger partial charge in [0.1, 0.15) is 0 Å². The van der Waals surface area contributed by atoms with Gasteiger partial charge in [-0.25, -0.2) is 0 Å². The fourth-order valence-electron chi connectivity index (χ4n) is 2.99. The minimum Gasteiger partial charge on any atom is -0.392 e. The number of likely N-dealkylation sites (tertiary alicyclic amines) is 1. The lowest BCUT2D eigenvalue weighted by atomic mass is 9.96. The van der Waals surface area contributed by atoms with Gasteiger partial charge in [0.15, 0.2) is 0 Å². The molecule has 0 saturated carbocycles. The molecule has 2 aromatic rings. The Hall–Kier alpha value is -1.64. The summed E-state index contributed by atoms with van der Waals surface area (Å²) in [4.78, 5) is 2.34. The van der Waals surface area contributed by atoms with Crippen LogP contribution in [-0.2, 0) is 6.54 Å². The molecule has 1 saturated heterocycles. The van der Waals surface area contributed by atoms with E-state index in [0.717, 1.165) is 26.1 Å². The van der Waals surface area contributed by atoms with Crippen molar-refractivity contribution in [2.24, 2.45) is 0 Å². The van der Waals surface area contributed by atoms with Gasteiger partial charge in [0, 0.05) is 19.6 Å². The van der Waals surface area contributed by atoms with Gasteiger partial charge in [0.05, 0.1) is 6.10 Å². The Kier molecular flexibility index (Phi) is 3.86. The van der Waals surface area contributed by atoms with Crippen LogP contribution in [0, 0.1) is 6.92 Å². The summed E-state index contributed by atoms with van der Waals surface area (Å²) in [5, 5.41) is 9.67. The van der Waals surface area contributed by atoms with Gasteiger partial charge in [-0.15, -0.1) is 0 Å². The van der Waals surface area contributed by atoms with Gasteiger partial charge in [0.2, 0.25) is 0 Å².